The summed E-state index contributed by atoms with van der Waals surface area (Å²) in [5.41, 5.74) is 5.16. The number of epoxide rings is 1. The lowest BCUT2D eigenvalue weighted by molar-refractivity contribution is -0.133. The fraction of sp³-hybridized carbons (Fsp3) is 0.857. The van der Waals surface area contributed by atoms with E-state index in [4.69, 9.17) is 10.5 Å². The molecule has 0 saturated carbocycles. The first-order chi connectivity index (χ1) is 12.9. The van der Waals surface area contributed by atoms with Gasteiger partial charge in [0.1, 0.15) is 11.6 Å². The van der Waals surface area contributed by atoms with Crippen LogP contribution >= 0.6 is 0 Å². The van der Waals surface area contributed by atoms with Crippen molar-refractivity contribution in [1.29, 1.82) is 0 Å². The van der Waals surface area contributed by atoms with E-state index in [1.54, 1.807) is 6.92 Å². The lowest BCUT2D eigenvalue weighted by Crippen LogP contribution is -2.56. The summed E-state index contributed by atoms with van der Waals surface area (Å²) in [5, 5.41) is 5.65. The lowest BCUT2D eigenvalue weighted by atomic mass is 9.92. The normalized spacial score (nSPS) is 22.1. The van der Waals surface area contributed by atoms with Crippen molar-refractivity contribution in [3.05, 3.63) is 0 Å². The van der Waals surface area contributed by atoms with Gasteiger partial charge < -0.3 is 21.1 Å². The third-order valence-electron chi connectivity index (χ3n) is 4.84. The number of ether oxygens (including phenoxy) is 1. The van der Waals surface area contributed by atoms with Crippen LogP contribution in [0.3, 0.4) is 0 Å². The van der Waals surface area contributed by atoms with Crippen LogP contribution in [0.25, 0.3) is 0 Å². The summed E-state index contributed by atoms with van der Waals surface area (Å²) in [5.74, 6) is -0.0815. The highest BCUT2D eigenvalue weighted by molar-refractivity contribution is 5.98. The van der Waals surface area contributed by atoms with Crippen LogP contribution in [0.2, 0.25) is 0 Å². The summed E-state index contributed by atoms with van der Waals surface area (Å²) >= 11 is 0. The van der Waals surface area contributed by atoms with E-state index in [1.165, 1.54) is 0 Å². The van der Waals surface area contributed by atoms with Crippen LogP contribution in [0, 0.1) is 17.8 Å². The van der Waals surface area contributed by atoms with Crippen molar-refractivity contribution in [3.63, 3.8) is 0 Å². The Morgan fingerprint density at radius 1 is 0.857 bits per heavy atom. The standard InChI is InChI=1S/C21H39N3O4/c1-12(2)8-15(22)19(26)24-17(10-14(5)6)20(27)23-16(9-13(3)4)18(25)21(7)11-28-21/h12-17H,8-11,22H2,1-7H3,(H,23,27)(H,24,26)/t15?,16?,17-,21?/m0/s1. The quantitative estimate of drug-likeness (QED) is 0.434. The third kappa shape index (κ3) is 7.87. The molecule has 2 amide bonds. The Morgan fingerprint density at radius 2 is 1.29 bits per heavy atom. The molecule has 162 valence electrons. The second-order valence-corrected chi connectivity index (χ2v) is 9.50. The summed E-state index contributed by atoms with van der Waals surface area (Å²) < 4.78 is 5.27. The number of carbonyl (C=O) groups is 3. The van der Waals surface area contributed by atoms with Crippen LogP contribution < -0.4 is 16.4 Å². The minimum absolute atomic E-state index is 0.110. The van der Waals surface area contributed by atoms with E-state index in [0.29, 0.717) is 25.9 Å². The third-order valence-corrected chi connectivity index (χ3v) is 4.84. The maximum absolute atomic E-state index is 12.9. The molecule has 7 heteroatoms. The maximum Gasteiger partial charge on any atom is 0.243 e. The smallest absolute Gasteiger partial charge is 0.243 e. The number of Topliss-reactive ketones (excluding diaryl/α,β-unsaturated/α-hetero) is 1. The zero-order valence-electron chi connectivity index (χ0n) is 18.5. The van der Waals surface area contributed by atoms with Crippen molar-refractivity contribution in [2.24, 2.45) is 23.5 Å². The Balaban J connectivity index is 2.85. The Labute approximate surface area is 169 Å². The second-order valence-electron chi connectivity index (χ2n) is 9.50. The largest absolute Gasteiger partial charge is 0.361 e. The predicted octanol–water partition coefficient (Wildman–Crippen LogP) is 1.78. The molecule has 28 heavy (non-hydrogen) atoms. The van der Waals surface area contributed by atoms with Crippen molar-refractivity contribution in [2.45, 2.75) is 91.5 Å². The Hall–Kier alpha value is -1.47. The van der Waals surface area contributed by atoms with Crippen molar-refractivity contribution >= 4 is 17.6 Å². The molecule has 3 unspecified atom stereocenters. The number of carbonyl (C=O) groups excluding carboxylic acids is 3. The van der Waals surface area contributed by atoms with Crippen molar-refractivity contribution in [1.82, 2.24) is 10.6 Å². The summed E-state index contributed by atoms with van der Waals surface area (Å²) in [6.45, 7) is 14.1. The number of ketones is 1. The van der Waals surface area contributed by atoms with Gasteiger partial charge in [0.25, 0.3) is 0 Å². The molecule has 4 N–H and O–H groups in total. The summed E-state index contributed by atoms with van der Waals surface area (Å²) in [4.78, 5) is 38.1. The zero-order chi connectivity index (χ0) is 21.6. The highest BCUT2D eigenvalue weighted by atomic mass is 16.6. The molecule has 1 fully saturated rings. The highest BCUT2D eigenvalue weighted by Crippen LogP contribution is 2.29. The van der Waals surface area contributed by atoms with Gasteiger partial charge in [-0.2, -0.15) is 0 Å². The summed E-state index contributed by atoms with van der Waals surface area (Å²) in [7, 11) is 0. The SMILES string of the molecule is CC(C)CC(N)C(=O)N[C@@H](CC(C)C)C(=O)NC(CC(C)C)C(=O)C1(C)CO1. The maximum atomic E-state index is 12.9. The topological polar surface area (TPSA) is 114 Å². The molecule has 1 heterocycles. The zero-order valence-corrected chi connectivity index (χ0v) is 18.5. The highest BCUT2D eigenvalue weighted by Gasteiger charge is 2.50. The number of hydrogen-bond donors (Lipinski definition) is 3. The molecule has 1 aliphatic rings. The van der Waals surface area contributed by atoms with E-state index in [9.17, 15) is 14.4 Å². The van der Waals surface area contributed by atoms with Gasteiger partial charge in [0.05, 0.1) is 18.7 Å². The van der Waals surface area contributed by atoms with Gasteiger partial charge in [0.2, 0.25) is 11.8 Å². The molecule has 1 aliphatic heterocycles. The van der Waals surface area contributed by atoms with Gasteiger partial charge in [0.15, 0.2) is 5.78 Å². The van der Waals surface area contributed by atoms with Crippen molar-refractivity contribution < 1.29 is 19.1 Å². The number of nitrogens with one attached hydrogen (secondary N) is 2. The van der Waals surface area contributed by atoms with Gasteiger partial charge in [-0.05, 0) is 43.9 Å². The van der Waals surface area contributed by atoms with Gasteiger partial charge >= 0.3 is 0 Å². The molecule has 1 saturated heterocycles. The molecule has 0 radical (unpaired) electrons. The monoisotopic (exact) mass is 397 g/mol. The van der Waals surface area contributed by atoms with E-state index in [2.05, 4.69) is 10.6 Å². The molecular formula is C21H39N3O4. The lowest BCUT2D eigenvalue weighted by Gasteiger charge is -2.26. The van der Waals surface area contributed by atoms with Gasteiger partial charge in [0, 0.05) is 0 Å². The Morgan fingerprint density at radius 3 is 1.71 bits per heavy atom. The minimum atomic E-state index is -0.802. The molecule has 0 aliphatic carbocycles. The Kier molecular flexibility index (Phi) is 9.08. The number of rotatable bonds is 12. The van der Waals surface area contributed by atoms with E-state index in [1.807, 2.05) is 41.5 Å². The Bertz CT molecular complexity index is 556. The first-order valence-electron chi connectivity index (χ1n) is 10.4. The van der Waals surface area contributed by atoms with Crippen molar-refractivity contribution in [2.75, 3.05) is 6.61 Å². The molecule has 0 bridgehead atoms. The molecule has 0 spiro atoms. The van der Waals surface area contributed by atoms with Crippen LogP contribution in [-0.2, 0) is 19.1 Å². The van der Waals surface area contributed by atoms with Crippen LogP contribution in [-0.4, -0.2) is 47.9 Å². The van der Waals surface area contributed by atoms with Crippen LogP contribution in [0.5, 0.6) is 0 Å². The van der Waals surface area contributed by atoms with Crippen LogP contribution in [0.4, 0.5) is 0 Å². The molecule has 0 aromatic rings. The van der Waals surface area contributed by atoms with E-state index < -0.39 is 23.7 Å². The molecule has 0 aromatic carbocycles. The van der Waals surface area contributed by atoms with Crippen LogP contribution in [0.1, 0.15) is 67.7 Å². The molecule has 7 nitrogen and oxygen atoms in total. The number of nitrogens with two attached hydrogens (primary N) is 1. The summed E-state index contributed by atoms with van der Waals surface area (Å²) in [6, 6.07) is -2.01. The van der Waals surface area contributed by atoms with Gasteiger partial charge in [-0.1, -0.05) is 41.5 Å². The molecule has 1 rings (SSSR count). The summed E-state index contributed by atoms with van der Waals surface area (Å²) in [6.07, 6.45) is 1.55. The van der Waals surface area contributed by atoms with Gasteiger partial charge in [-0.25, -0.2) is 0 Å². The predicted molar refractivity (Wildman–Crippen MR) is 110 cm³/mol. The van der Waals surface area contributed by atoms with Crippen LogP contribution in [0.15, 0.2) is 0 Å². The second kappa shape index (κ2) is 10.3. The number of amides is 2. The first kappa shape index (κ1) is 24.6. The average molecular weight is 398 g/mol. The molecule has 4 atom stereocenters. The van der Waals surface area contributed by atoms with Gasteiger partial charge in [-0.3, -0.25) is 14.4 Å². The van der Waals surface area contributed by atoms with E-state index in [-0.39, 0.29) is 35.4 Å². The first-order valence-corrected chi connectivity index (χ1v) is 10.4. The van der Waals surface area contributed by atoms with E-state index >= 15 is 0 Å². The fourth-order valence-corrected chi connectivity index (χ4v) is 3.19. The van der Waals surface area contributed by atoms with Gasteiger partial charge in [-0.15, -0.1) is 0 Å². The average Bonchev–Trinajstić information content (AvgIpc) is 3.30. The number of hydrogen-bond acceptors (Lipinski definition) is 5. The fourth-order valence-electron chi connectivity index (χ4n) is 3.19. The van der Waals surface area contributed by atoms with Crippen molar-refractivity contribution in [3.8, 4) is 0 Å². The van der Waals surface area contributed by atoms with E-state index in [0.717, 1.165) is 0 Å². The minimum Gasteiger partial charge on any atom is -0.361 e. The molecular weight excluding hydrogens is 358 g/mol. The molecule has 0 aromatic heterocycles.